The van der Waals surface area contributed by atoms with E-state index < -0.39 is 5.97 Å². The van der Waals surface area contributed by atoms with Crippen LogP contribution in [0.5, 0.6) is 0 Å². The van der Waals surface area contributed by atoms with Crippen molar-refractivity contribution in [3.8, 4) is 0 Å². The van der Waals surface area contributed by atoms with Crippen LogP contribution in [0.2, 0.25) is 0 Å². The first-order valence-electron chi connectivity index (χ1n) is 4.92. The lowest BCUT2D eigenvalue weighted by molar-refractivity contribution is 0.0694. The second kappa shape index (κ2) is 4.03. The van der Waals surface area contributed by atoms with Crippen molar-refractivity contribution in [2.45, 2.75) is 26.8 Å². The Morgan fingerprint density at radius 2 is 1.87 bits per heavy atom. The highest BCUT2D eigenvalue weighted by Crippen LogP contribution is 2.32. The second-order valence-corrected chi connectivity index (χ2v) is 4.74. The lowest BCUT2D eigenvalue weighted by Gasteiger charge is -2.28. The van der Waals surface area contributed by atoms with Crippen LogP contribution in [0.1, 0.15) is 42.7 Å². The summed E-state index contributed by atoms with van der Waals surface area (Å²) in [4.78, 5) is 11.0. The number of hydrogen-bond acceptors (Lipinski definition) is 2. The molecule has 1 aromatic carbocycles. The normalized spacial score (nSPS) is 13.6. The van der Waals surface area contributed by atoms with E-state index in [-0.39, 0.29) is 11.5 Å². The molecule has 0 radical (unpaired) electrons. The van der Waals surface area contributed by atoms with E-state index in [4.69, 9.17) is 10.8 Å². The fraction of sp³-hybridized carbons (Fsp3) is 0.417. The van der Waals surface area contributed by atoms with Crippen molar-refractivity contribution in [2.24, 2.45) is 11.1 Å². The first-order valence-corrected chi connectivity index (χ1v) is 4.92. The fourth-order valence-electron chi connectivity index (χ4n) is 1.43. The summed E-state index contributed by atoms with van der Waals surface area (Å²) in [6, 6.07) is 6.61. The molecule has 3 nitrogen and oxygen atoms in total. The van der Waals surface area contributed by atoms with Crippen LogP contribution >= 0.6 is 0 Å². The molecule has 1 unspecified atom stereocenters. The first kappa shape index (κ1) is 11.7. The zero-order valence-electron chi connectivity index (χ0n) is 9.32. The van der Waals surface area contributed by atoms with Crippen LogP contribution in [-0.2, 0) is 0 Å². The minimum atomic E-state index is -0.926. The van der Waals surface area contributed by atoms with Gasteiger partial charge in [0, 0.05) is 6.04 Å². The number of benzene rings is 1. The Morgan fingerprint density at radius 3 is 2.33 bits per heavy atom. The summed E-state index contributed by atoms with van der Waals surface area (Å²) in [6.45, 7) is 5.99. The second-order valence-electron chi connectivity index (χ2n) is 4.74. The maximum absolute atomic E-state index is 11.0. The van der Waals surface area contributed by atoms with Gasteiger partial charge in [-0.25, -0.2) is 4.79 Å². The molecule has 1 rings (SSSR count). The van der Waals surface area contributed by atoms with E-state index in [0.717, 1.165) is 0 Å². The van der Waals surface area contributed by atoms with Crippen LogP contribution in [0.3, 0.4) is 0 Å². The molecule has 0 aromatic heterocycles. The van der Waals surface area contributed by atoms with Crippen molar-refractivity contribution >= 4 is 5.97 Å². The number of rotatable bonds is 2. The lowest BCUT2D eigenvalue weighted by atomic mass is 9.81. The van der Waals surface area contributed by atoms with Crippen LogP contribution in [-0.4, -0.2) is 11.1 Å². The van der Waals surface area contributed by atoms with E-state index in [2.05, 4.69) is 0 Å². The molecule has 0 aliphatic carbocycles. The van der Waals surface area contributed by atoms with Gasteiger partial charge in [-0.2, -0.15) is 0 Å². The number of aromatic carboxylic acids is 1. The van der Waals surface area contributed by atoms with Crippen LogP contribution in [0.25, 0.3) is 0 Å². The van der Waals surface area contributed by atoms with Crippen molar-refractivity contribution < 1.29 is 9.90 Å². The average molecular weight is 207 g/mol. The molecule has 0 amide bonds. The van der Waals surface area contributed by atoms with Gasteiger partial charge in [0.15, 0.2) is 0 Å². The molecule has 0 aliphatic heterocycles. The third kappa shape index (κ3) is 2.57. The summed E-state index contributed by atoms with van der Waals surface area (Å²) in [5.41, 5.74) is 6.88. The molecule has 0 aliphatic rings. The molecule has 1 atom stereocenters. The molecule has 0 saturated carbocycles. The van der Waals surface area contributed by atoms with Gasteiger partial charge in [0.05, 0.1) is 5.56 Å². The van der Waals surface area contributed by atoms with Crippen LogP contribution in [0.15, 0.2) is 24.3 Å². The van der Waals surface area contributed by atoms with E-state index in [1.165, 1.54) is 0 Å². The molecule has 0 heterocycles. The van der Waals surface area contributed by atoms with Crippen molar-refractivity contribution in [3.63, 3.8) is 0 Å². The van der Waals surface area contributed by atoms with Crippen LogP contribution < -0.4 is 5.73 Å². The lowest BCUT2D eigenvalue weighted by Crippen LogP contribution is -2.27. The highest BCUT2D eigenvalue weighted by Gasteiger charge is 2.25. The smallest absolute Gasteiger partial charge is 0.336 e. The number of carboxylic acids is 1. The maximum atomic E-state index is 11.0. The summed E-state index contributed by atoms with van der Waals surface area (Å²) < 4.78 is 0. The molecule has 1 aromatic rings. The molecular weight excluding hydrogens is 190 g/mol. The van der Waals surface area contributed by atoms with Gasteiger partial charge < -0.3 is 10.8 Å². The van der Waals surface area contributed by atoms with Gasteiger partial charge in [0.1, 0.15) is 0 Å². The minimum Gasteiger partial charge on any atom is -0.478 e. The largest absolute Gasteiger partial charge is 0.478 e. The van der Waals surface area contributed by atoms with E-state index in [9.17, 15) is 4.79 Å². The van der Waals surface area contributed by atoms with Crippen molar-refractivity contribution in [1.82, 2.24) is 0 Å². The Morgan fingerprint density at radius 1 is 1.33 bits per heavy atom. The van der Waals surface area contributed by atoms with Crippen molar-refractivity contribution in [1.29, 1.82) is 0 Å². The fourth-order valence-corrected chi connectivity index (χ4v) is 1.43. The van der Waals surface area contributed by atoms with E-state index >= 15 is 0 Å². The third-order valence-electron chi connectivity index (χ3n) is 2.46. The van der Waals surface area contributed by atoms with Crippen LogP contribution in [0.4, 0.5) is 0 Å². The average Bonchev–Trinajstić information content (AvgIpc) is 2.15. The maximum Gasteiger partial charge on any atom is 0.336 e. The zero-order chi connectivity index (χ0) is 11.6. The van der Waals surface area contributed by atoms with E-state index in [1.807, 2.05) is 26.8 Å². The quantitative estimate of drug-likeness (QED) is 0.782. The molecule has 0 saturated heterocycles. The van der Waals surface area contributed by atoms with Gasteiger partial charge in [0.25, 0.3) is 0 Å². The molecule has 0 fully saturated rings. The summed E-state index contributed by atoms with van der Waals surface area (Å²) in [7, 11) is 0. The highest BCUT2D eigenvalue weighted by molar-refractivity contribution is 5.89. The highest BCUT2D eigenvalue weighted by atomic mass is 16.4. The summed E-state index contributed by atoms with van der Waals surface area (Å²) in [5, 5.41) is 9.02. The zero-order valence-corrected chi connectivity index (χ0v) is 9.32. The third-order valence-corrected chi connectivity index (χ3v) is 2.46. The van der Waals surface area contributed by atoms with E-state index in [1.54, 1.807) is 18.2 Å². The summed E-state index contributed by atoms with van der Waals surface area (Å²) in [6.07, 6.45) is 0. The van der Waals surface area contributed by atoms with Gasteiger partial charge in [-0.15, -0.1) is 0 Å². The Hall–Kier alpha value is -1.35. The van der Waals surface area contributed by atoms with Gasteiger partial charge in [0.2, 0.25) is 0 Å². The SMILES string of the molecule is CC(C)(C)C(N)c1ccccc1C(=O)O. The predicted molar refractivity (Wildman–Crippen MR) is 59.8 cm³/mol. The number of carboxylic acid groups (broad SMARTS) is 1. The monoisotopic (exact) mass is 207 g/mol. The molecule has 82 valence electrons. The summed E-state index contributed by atoms with van der Waals surface area (Å²) in [5.74, 6) is -0.926. The number of nitrogens with two attached hydrogens (primary N) is 1. The van der Waals surface area contributed by atoms with Gasteiger partial charge in [-0.3, -0.25) is 0 Å². The topological polar surface area (TPSA) is 63.3 Å². The number of hydrogen-bond donors (Lipinski definition) is 2. The molecule has 0 spiro atoms. The Balaban J connectivity index is 3.19. The summed E-state index contributed by atoms with van der Waals surface area (Å²) >= 11 is 0. The van der Waals surface area contributed by atoms with Crippen LogP contribution in [0, 0.1) is 5.41 Å². The molecule has 15 heavy (non-hydrogen) atoms. The number of carbonyl (C=O) groups is 1. The van der Waals surface area contributed by atoms with Gasteiger partial charge >= 0.3 is 5.97 Å². The Bertz CT molecular complexity index is 366. The molecule has 0 bridgehead atoms. The Labute approximate surface area is 89.9 Å². The van der Waals surface area contributed by atoms with Gasteiger partial charge in [-0.05, 0) is 17.0 Å². The standard InChI is InChI=1S/C12H17NO2/c1-12(2,3)10(13)8-6-4-5-7-9(8)11(14)15/h4-7,10H,13H2,1-3H3,(H,14,15). The van der Waals surface area contributed by atoms with Crippen molar-refractivity contribution in [2.75, 3.05) is 0 Å². The molecular formula is C12H17NO2. The Kier molecular flexibility index (Phi) is 3.15. The van der Waals surface area contributed by atoms with Crippen molar-refractivity contribution in [3.05, 3.63) is 35.4 Å². The van der Waals surface area contributed by atoms with E-state index in [0.29, 0.717) is 11.1 Å². The predicted octanol–water partition coefficient (Wildman–Crippen LogP) is 2.43. The molecule has 3 N–H and O–H groups in total. The molecule has 3 heteroatoms. The van der Waals surface area contributed by atoms with Gasteiger partial charge in [-0.1, -0.05) is 39.0 Å². The minimum absolute atomic E-state index is 0.147. The first-order chi connectivity index (χ1) is 6.84.